The first-order valence-electron chi connectivity index (χ1n) is 15.2. The molecule has 1 aromatic heterocycles. The number of anilines is 3. The summed E-state index contributed by atoms with van der Waals surface area (Å²) in [5.41, 5.74) is -2.33. The number of nitrogens with zero attached hydrogens (tertiary/aromatic N) is 3. The maximum Gasteiger partial charge on any atom is 0.248 e. The van der Waals surface area contributed by atoms with Crippen LogP contribution < -0.4 is 15.4 Å². The molecule has 1 heterocycles. The number of ether oxygens (including phenoxy) is 1. The third-order valence-electron chi connectivity index (χ3n) is 3.91. The summed E-state index contributed by atoms with van der Waals surface area (Å²) in [7, 11) is 0. The number of amides is 1. The summed E-state index contributed by atoms with van der Waals surface area (Å²) in [6.07, 6.45) is 1.07. The normalized spacial score (nSPS) is 17.1. The second-order valence-electron chi connectivity index (χ2n) is 6.20. The van der Waals surface area contributed by atoms with Crippen molar-refractivity contribution < 1.29 is 30.4 Å². The van der Waals surface area contributed by atoms with E-state index in [1.54, 1.807) is 6.07 Å². The molecule has 170 valence electrons. The largest absolute Gasteiger partial charge is 0.492 e. The van der Waals surface area contributed by atoms with Crippen molar-refractivity contribution in [2.45, 2.75) is 6.92 Å². The molecule has 0 unspecified atom stereocenters. The van der Waals surface area contributed by atoms with Crippen molar-refractivity contribution in [2.24, 2.45) is 0 Å². The summed E-state index contributed by atoms with van der Waals surface area (Å²) in [6.45, 7) is -5.25. The van der Waals surface area contributed by atoms with Gasteiger partial charge in [0.05, 0.1) is 42.3 Å². The third kappa shape index (κ3) is 5.98. The van der Waals surface area contributed by atoms with Crippen molar-refractivity contribution in [3.63, 3.8) is 0 Å². The Labute approximate surface area is 213 Å². The molecule has 2 N–H and O–H groups in total. The van der Waals surface area contributed by atoms with Gasteiger partial charge in [-0.25, -0.2) is 4.39 Å². The molecule has 1 amide bonds. The van der Waals surface area contributed by atoms with Gasteiger partial charge in [-0.3, -0.25) is 9.78 Å². The lowest BCUT2D eigenvalue weighted by Gasteiger charge is -2.16. The van der Waals surface area contributed by atoms with E-state index in [-0.39, 0.29) is 28.2 Å². The molecule has 0 radical (unpaired) electrons. The van der Waals surface area contributed by atoms with E-state index in [1.165, 1.54) is 6.92 Å². The molecule has 0 bridgehead atoms. The number of aromatic nitrogens is 1. The first-order valence-corrected chi connectivity index (χ1v) is 9.62. The fraction of sp³-hybridized carbons (Fsp3) is 0.208. The van der Waals surface area contributed by atoms with Crippen molar-refractivity contribution >= 4 is 45.5 Å². The van der Waals surface area contributed by atoms with E-state index in [0.717, 1.165) is 12.2 Å². The van der Waals surface area contributed by atoms with Crippen molar-refractivity contribution in [2.75, 3.05) is 37.7 Å². The van der Waals surface area contributed by atoms with Gasteiger partial charge in [0, 0.05) is 44.1 Å². The number of nitrogens with one attached hydrogen (secondary N) is 2. The average molecular weight is 480 g/mol. The number of benzene rings is 2. The van der Waals surface area contributed by atoms with Crippen LogP contribution in [0.1, 0.15) is 28.9 Å². The topological polar surface area (TPSA) is 90.3 Å². The summed E-state index contributed by atoms with van der Waals surface area (Å²) >= 11 is 5.83. The van der Waals surface area contributed by atoms with Crippen LogP contribution in [-0.4, -0.2) is 42.9 Å². The van der Waals surface area contributed by atoms with E-state index in [0.29, 0.717) is 0 Å². The molecule has 0 fully saturated rings. The highest BCUT2D eigenvalue weighted by molar-refractivity contribution is 6.31. The molecule has 3 rings (SSSR count). The molecule has 0 saturated heterocycles. The van der Waals surface area contributed by atoms with Crippen LogP contribution in [0.5, 0.6) is 5.75 Å². The second kappa shape index (κ2) is 10.8. The predicted octanol–water partition coefficient (Wildman–Crippen LogP) is 5.10. The van der Waals surface area contributed by atoms with Gasteiger partial charge in [0.15, 0.2) is 0 Å². The Bertz CT molecular complexity index is 1720. The number of pyridine rings is 1. The molecule has 0 aliphatic heterocycles. The SMILES string of the molecule is [2H]c1nc2c([2H])c(OCC)c(NC(=O)/C=C/CN(C([2H])([2H])[2H])C([2H])([2H])[2H])c([2H])c2c(Nc2c([2H])c([2H])c(F)c(Cl)c2[2H])c1C#N. The van der Waals surface area contributed by atoms with E-state index in [2.05, 4.69) is 15.6 Å². The van der Waals surface area contributed by atoms with Gasteiger partial charge in [-0.1, -0.05) is 17.7 Å². The van der Waals surface area contributed by atoms with Gasteiger partial charge < -0.3 is 20.3 Å². The molecule has 0 atom stereocenters. The molecule has 3 aromatic rings. The first-order chi connectivity index (χ1) is 20.8. The molecule has 33 heavy (non-hydrogen) atoms. The summed E-state index contributed by atoms with van der Waals surface area (Å²) in [6, 6.07) is -2.07. The van der Waals surface area contributed by atoms with Crippen molar-refractivity contribution in [3.05, 3.63) is 64.9 Å². The summed E-state index contributed by atoms with van der Waals surface area (Å²) in [5, 5.41) is 13.5. The third-order valence-corrected chi connectivity index (χ3v) is 4.17. The highest BCUT2D eigenvalue weighted by Crippen LogP contribution is 2.36. The Kier molecular flexibility index (Phi) is 4.09. The zero-order chi connectivity index (χ0) is 34.2. The highest BCUT2D eigenvalue weighted by Gasteiger charge is 2.15. The Morgan fingerprint density at radius 1 is 1.42 bits per heavy atom. The van der Waals surface area contributed by atoms with Gasteiger partial charge in [-0.05, 0) is 45.0 Å². The Morgan fingerprint density at radius 2 is 2.24 bits per heavy atom. The number of halogens is 2. The fourth-order valence-corrected chi connectivity index (χ4v) is 2.70. The molecule has 0 aliphatic carbocycles. The smallest absolute Gasteiger partial charge is 0.248 e. The minimum atomic E-state index is -3.01. The van der Waals surface area contributed by atoms with Crippen LogP contribution in [0, 0.1) is 17.1 Å². The van der Waals surface area contributed by atoms with E-state index >= 15 is 0 Å². The maximum atomic E-state index is 14.2. The number of fused-ring (bicyclic) bond motifs is 1. The van der Waals surface area contributed by atoms with Crippen LogP contribution >= 0.6 is 11.6 Å². The Hall–Kier alpha value is -3.67. The molecular formula is C24H23ClFN5O2. The standard InChI is InChI=1S/C24H23ClFN5O2/c1-4-33-22-12-20-17(11-21(22)30-23(32)6-5-9-31(2)3)24(15(13-27)14-28-20)29-16-7-8-19(26)18(25)10-16/h5-8,10-12,14H,4,9H2,1-3H3,(H,28,29)(H,30,32)/b6-5+/i2D3,3D3,7D,8D,10D,11D,12D,14D. The fourth-order valence-electron chi connectivity index (χ4n) is 2.56. The number of nitriles is 1. The minimum Gasteiger partial charge on any atom is -0.492 e. The lowest BCUT2D eigenvalue weighted by Crippen LogP contribution is -2.13. The van der Waals surface area contributed by atoms with Gasteiger partial charge in [0.25, 0.3) is 0 Å². The molecule has 0 spiro atoms. The number of rotatable bonds is 8. The van der Waals surface area contributed by atoms with Crippen LogP contribution in [0.3, 0.4) is 0 Å². The predicted molar refractivity (Wildman–Crippen MR) is 129 cm³/mol. The number of likely N-dealkylation sites (N-methyl/N-ethyl adjacent to an activating group) is 1. The molecule has 0 saturated carbocycles. The van der Waals surface area contributed by atoms with Gasteiger partial charge >= 0.3 is 0 Å². The molecule has 2 aromatic carbocycles. The lowest BCUT2D eigenvalue weighted by atomic mass is 10.1. The summed E-state index contributed by atoms with van der Waals surface area (Å²) < 4.78 is 114. The summed E-state index contributed by atoms with van der Waals surface area (Å²) in [5.74, 6) is -2.70. The van der Waals surface area contributed by atoms with Gasteiger partial charge in [0.2, 0.25) is 5.91 Å². The van der Waals surface area contributed by atoms with Crippen LogP contribution in [0.2, 0.25) is 5.02 Å². The average Bonchev–Trinajstić information content (AvgIpc) is 2.94. The van der Waals surface area contributed by atoms with Crippen molar-refractivity contribution in [1.29, 1.82) is 5.26 Å². The number of hydrogen-bond acceptors (Lipinski definition) is 6. The summed E-state index contributed by atoms with van der Waals surface area (Å²) in [4.78, 5) is 17.0. The van der Waals surface area contributed by atoms with Crippen LogP contribution in [0.25, 0.3) is 10.9 Å². The number of hydrogen-bond donors (Lipinski definition) is 2. The van der Waals surface area contributed by atoms with E-state index in [1.807, 2.05) is 0 Å². The minimum absolute atomic E-state index is 0.0679. The second-order valence-corrected chi connectivity index (χ2v) is 6.58. The van der Waals surface area contributed by atoms with Gasteiger partial charge in [-0.15, -0.1) is 0 Å². The highest BCUT2D eigenvalue weighted by atomic mass is 35.5. The van der Waals surface area contributed by atoms with E-state index in [4.69, 9.17) is 32.8 Å². The van der Waals surface area contributed by atoms with Crippen LogP contribution in [-0.2, 0) is 4.79 Å². The molecule has 9 heteroatoms. The van der Waals surface area contributed by atoms with Gasteiger partial charge in [-0.2, -0.15) is 5.26 Å². The number of carbonyl (C=O) groups excluding carboxylic acids is 1. The first kappa shape index (κ1) is 12.5. The Balaban J connectivity index is 2.25. The molecular weight excluding hydrogens is 445 g/mol. The van der Waals surface area contributed by atoms with Crippen LogP contribution in [0.15, 0.2) is 48.5 Å². The van der Waals surface area contributed by atoms with Crippen LogP contribution in [0.4, 0.5) is 21.5 Å². The maximum absolute atomic E-state index is 14.2. The van der Waals surface area contributed by atoms with E-state index in [9.17, 15) is 14.4 Å². The lowest BCUT2D eigenvalue weighted by molar-refractivity contribution is -0.111. The van der Waals surface area contributed by atoms with E-state index < -0.39 is 96.3 Å². The molecule has 0 aliphatic rings. The zero-order valence-corrected chi connectivity index (χ0v) is 17.7. The van der Waals surface area contributed by atoms with Crippen molar-refractivity contribution in [3.8, 4) is 11.8 Å². The zero-order valence-electron chi connectivity index (χ0n) is 29.0. The number of carbonyl (C=O) groups is 1. The monoisotopic (exact) mass is 479 g/mol. The van der Waals surface area contributed by atoms with Gasteiger partial charge in [0.1, 0.15) is 17.6 Å². The van der Waals surface area contributed by atoms with Crippen molar-refractivity contribution in [1.82, 2.24) is 9.88 Å². The quantitative estimate of drug-likeness (QED) is 0.437. The Morgan fingerprint density at radius 3 is 2.97 bits per heavy atom. The molecule has 7 nitrogen and oxygen atoms in total.